The van der Waals surface area contributed by atoms with E-state index in [1.165, 1.54) is 13.3 Å². The Morgan fingerprint density at radius 3 is 2.56 bits per heavy atom. The standard InChI is InChI=1S/C19H20ClN3O4/c1-26-16-8-7-13(11-17(16)27-2)12-22-23-18(24)9-10-21-19(25)14-5-3-4-6-15(14)20/h3-8,11-12H,9-10H2,1-2H3,(H,21,25)(H,23,24). The Labute approximate surface area is 162 Å². The van der Waals surface area contributed by atoms with Crippen molar-refractivity contribution in [3.63, 3.8) is 0 Å². The van der Waals surface area contributed by atoms with Crippen LogP contribution >= 0.6 is 11.6 Å². The fourth-order valence-electron chi connectivity index (χ4n) is 2.20. The van der Waals surface area contributed by atoms with E-state index in [9.17, 15) is 9.59 Å². The van der Waals surface area contributed by atoms with E-state index in [-0.39, 0.29) is 24.8 Å². The van der Waals surface area contributed by atoms with E-state index in [4.69, 9.17) is 21.1 Å². The highest BCUT2D eigenvalue weighted by Gasteiger charge is 2.09. The molecule has 2 aromatic carbocycles. The number of halogens is 1. The average Bonchev–Trinajstić information content (AvgIpc) is 2.68. The van der Waals surface area contributed by atoms with Crippen molar-refractivity contribution < 1.29 is 19.1 Å². The van der Waals surface area contributed by atoms with Gasteiger partial charge in [0.1, 0.15) is 0 Å². The number of nitrogens with one attached hydrogen (secondary N) is 2. The van der Waals surface area contributed by atoms with Crippen molar-refractivity contribution in [3.8, 4) is 11.5 Å². The Bertz CT molecular complexity index is 839. The van der Waals surface area contributed by atoms with Gasteiger partial charge in [0, 0.05) is 13.0 Å². The number of carbonyl (C=O) groups is 2. The highest BCUT2D eigenvalue weighted by Crippen LogP contribution is 2.26. The summed E-state index contributed by atoms with van der Waals surface area (Å²) >= 11 is 5.95. The number of methoxy groups -OCH3 is 2. The minimum Gasteiger partial charge on any atom is -0.493 e. The van der Waals surface area contributed by atoms with Gasteiger partial charge >= 0.3 is 0 Å². The summed E-state index contributed by atoms with van der Waals surface area (Å²) in [5.41, 5.74) is 3.51. The zero-order valence-corrected chi connectivity index (χ0v) is 15.7. The van der Waals surface area contributed by atoms with Gasteiger partial charge in [-0.2, -0.15) is 5.10 Å². The summed E-state index contributed by atoms with van der Waals surface area (Å²) in [7, 11) is 3.09. The maximum absolute atomic E-state index is 12.0. The fourth-order valence-corrected chi connectivity index (χ4v) is 2.42. The summed E-state index contributed by atoms with van der Waals surface area (Å²) < 4.78 is 10.4. The fraction of sp³-hybridized carbons (Fsp3) is 0.211. The third-order valence-corrected chi connectivity index (χ3v) is 3.90. The van der Waals surface area contributed by atoms with Crippen molar-refractivity contribution in [1.29, 1.82) is 0 Å². The topological polar surface area (TPSA) is 89.0 Å². The molecule has 0 aliphatic heterocycles. The van der Waals surface area contributed by atoms with Gasteiger partial charge in [0.05, 0.1) is 31.0 Å². The molecule has 2 aromatic rings. The predicted octanol–water partition coefficient (Wildman–Crippen LogP) is 2.63. The van der Waals surface area contributed by atoms with Crippen LogP contribution in [0.4, 0.5) is 0 Å². The van der Waals surface area contributed by atoms with Gasteiger partial charge in [-0.15, -0.1) is 0 Å². The van der Waals surface area contributed by atoms with Gasteiger partial charge in [0.2, 0.25) is 5.91 Å². The van der Waals surface area contributed by atoms with Crippen LogP contribution in [0.2, 0.25) is 5.02 Å². The van der Waals surface area contributed by atoms with E-state index >= 15 is 0 Å². The molecule has 0 radical (unpaired) electrons. The molecule has 0 saturated heterocycles. The molecule has 0 fully saturated rings. The summed E-state index contributed by atoms with van der Waals surface area (Å²) in [5, 5.41) is 6.89. The molecule has 0 atom stereocenters. The molecule has 0 heterocycles. The van der Waals surface area contributed by atoms with Crippen molar-refractivity contribution in [1.82, 2.24) is 10.7 Å². The number of amides is 2. The second kappa shape index (κ2) is 10.2. The first-order chi connectivity index (χ1) is 13.0. The maximum atomic E-state index is 12.0. The van der Waals surface area contributed by atoms with E-state index in [1.54, 1.807) is 49.6 Å². The van der Waals surface area contributed by atoms with Crippen molar-refractivity contribution >= 4 is 29.6 Å². The van der Waals surface area contributed by atoms with Crippen LogP contribution in [0.1, 0.15) is 22.3 Å². The number of hydrazone groups is 1. The Morgan fingerprint density at radius 1 is 1.11 bits per heavy atom. The van der Waals surface area contributed by atoms with Crippen LogP contribution in [-0.4, -0.2) is 38.8 Å². The lowest BCUT2D eigenvalue weighted by Gasteiger charge is -2.07. The summed E-state index contributed by atoms with van der Waals surface area (Å²) in [6.07, 6.45) is 1.57. The van der Waals surface area contributed by atoms with Crippen LogP contribution in [0.15, 0.2) is 47.6 Å². The number of ether oxygens (including phenoxy) is 2. The lowest BCUT2D eigenvalue weighted by molar-refractivity contribution is -0.120. The molecule has 0 unspecified atom stereocenters. The summed E-state index contributed by atoms with van der Waals surface area (Å²) in [6.45, 7) is 0.168. The lowest BCUT2D eigenvalue weighted by atomic mass is 10.2. The van der Waals surface area contributed by atoms with Gasteiger partial charge < -0.3 is 14.8 Å². The Morgan fingerprint density at radius 2 is 1.85 bits per heavy atom. The number of hydrogen-bond acceptors (Lipinski definition) is 5. The first-order valence-electron chi connectivity index (χ1n) is 8.11. The average molecular weight is 390 g/mol. The molecule has 2 N–H and O–H groups in total. The van der Waals surface area contributed by atoms with Crippen LogP contribution in [0.25, 0.3) is 0 Å². The summed E-state index contributed by atoms with van der Waals surface area (Å²) in [5.74, 6) is 0.511. The minimum atomic E-state index is -0.331. The Balaban J connectivity index is 1.78. The molecule has 0 aliphatic carbocycles. The molecular formula is C19H20ClN3O4. The molecule has 2 amide bonds. The van der Waals surface area contributed by atoms with E-state index in [0.717, 1.165) is 5.56 Å². The molecule has 27 heavy (non-hydrogen) atoms. The molecule has 2 rings (SSSR count). The van der Waals surface area contributed by atoms with E-state index in [2.05, 4.69) is 15.8 Å². The van der Waals surface area contributed by atoms with Gasteiger partial charge in [-0.05, 0) is 35.9 Å². The molecule has 142 valence electrons. The largest absolute Gasteiger partial charge is 0.493 e. The third-order valence-electron chi connectivity index (χ3n) is 3.57. The predicted molar refractivity (Wildman–Crippen MR) is 104 cm³/mol. The smallest absolute Gasteiger partial charge is 0.252 e. The molecule has 8 heteroatoms. The highest BCUT2D eigenvalue weighted by atomic mass is 35.5. The number of hydrogen-bond donors (Lipinski definition) is 2. The van der Waals surface area contributed by atoms with Crippen LogP contribution < -0.4 is 20.2 Å². The van der Waals surface area contributed by atoms with Crippen LogP contribution in [-0.2, 0) is 4.79 Å². The van der Waals surface area contributed by atoms with Crippen LogP contribution in [0.5, 0.6) is 11.5 Å². The van der Waals surface area contributed by atoms with Gasteiger partial charge in [-0.25, -0.2) is 5.43 Å². The number of nitrogens with zero attached hydrogens (tertiary/aromatic N) is 1. The Kier molecular flexibility index (Phi) is 7.63. The molecule has 0 aromatic heterocycles. The molecule has 0 spiro atoms. The third kappa shape index (κ3) is 6.00. The zero-order chi connectivity index (χ0) is 19.6. The SMILES string of the molecule is COc1ccc(C=NNC(=O)CCNC(=O)c2ccccc2Cl)cc1OC. The van der Waals surface area contributed by atoms with E-state index < -0.39 is 0 Å². The molecule has 0 bridgehead atoms. The van der Waals surface area contributed by atoms with Gasteiger partial charge in [0.25, 0.3) is 5.91 Å². The summed E-state index contributed by atoms with van der Waals surface area (Å²) in [4.78, 5) is 23.8. The molecule has 0 saturated carbocycles. The highest BCUT2D eigenvalue weighted by molar-refractivity contribution is 6.33. The maximum Gasteiger partial charge on any atom is 0.252 e. The van der Waals surface area contributed by atoms with Crippen molar-refractivity contribution in [2.24, 2.45) is 5.10 Å². The number of carbonyl (C=O) groups excluding carboxylic acids is 2. The van der Waals surface area contributed by atoms with Crippen LogP contribution in [0, 0.1) is 0 Å². The normalized spacial score (nSPS) is 10.5. The lowest BCUT2D eigenvalue weighted by Crippen LogP contribution is -2.29. The number of benzene rings is 2. The molecule has 7 nitrogen and oxygen atoms in total. The number of rotatable bonds is 8. The van der Waals surface area contributed by atoms with Gasteiger partial charge in [-0.3, -0.25) is 9.59 Å². The van der Waals surface area contributed by atoms with E-state index in [1.807, 2.05) is 0 Å². The second-order valence-corrected chi connectivity index (χ2v) is 5.80. The summed E-state index contributed by atoms with van der Waals surface area (Å²) in [6, 6.07) is 12.0. The van der Waals surface area contributed by atoms with Crippen molar-refractivity contribution in [2.45, 2.75) is 6.42 Å². The molecule has 0 aliphatic rings. The van der Waals surface area contributed by atoms with Gasteiger partial charge in [-0.1, -0.05) is 23.7 Å². The van der Waals surface area contributed by atoms with Crippen LogP contribution in [0.3, 0.4) is 0 Å². The van der Waals surface area contributed by atoms with Crippen molar-refractivity contribution in [3.05, 3.63) is 58.6 Å². The minimum absolute atomic E-state index is 0.0828. The van der Waals surface area contributed by atoms with Crippen molar-refractivity contribution in [2.75, 3.05) is 20.8 Å². The van der Waals surface area contributed by atoms with E-state index in [0.29, 0.717) is 22.1 Å². The second-order valence-electron chi connectivity index (χ2n) is 5.39. The van der Waals surface area contributed by atoms with Gasteiger partial charge in [0.15, 0.2) is 11.5 Å². The monoisotopic (exact) mass is 389 g/mol. The Hall–Kier alpha value is -3.06. The zero-order valence-electron chi connectivity index (χ0n) is 15.0. The first-order valence-corrected chi connectivity index (χ1v) is 8.49. The first kappa shape index (κ1) is 20.3. The quantitative estimate of drug-likeness (QED) is 0.536. The molecular weight excluding hydrogens is 370 g/mol.